The maximum Gasteiger partial charge on any atom is 0.335 e. The number of halogens is 2. The van der Waals surface area contributed by atoms with Gasteiger partial charge in [-0.25, -0.2) is 4.79 Å². The van der Waals surface area contributed by atoms with Gasteiger partial charge in [-0.3, -0.25) is 34.3 Å². The molecule has 4 aliphatic rings. The van der Waals surface area contributed by atoms with Crippen molar-refractivity contribution in [2.24, 2.45) is 5.92 Å². The van der Waals surface area contributed by atoms with Crippen molar-refractivity contribution in [3.63, 3.8) is 0 Å². The molecule has 0 bridgehead atoms. The van der Waals surface area contributed by atoms with E-state index in [2.05, 4.69) is 20.0 Å². The van der Waals surface area contributed by atoms with Gasteiger partial charge >= 0.3 is 5.97 Å². The molecule has 2 aromatic rings. The van der Waals surface area contributed by atoms with Crippen LogP contribution in [0, 0.1) is 5.92 Å². The van der Waals surface area contributed by atoms with Crippen LogP contribution in [0.2, 0.25) is 0 Å². The number of hydrogen-bond acceptors (Lipinski definition) is 8. The lowest BCUT2D eigenvalue weighted by Gasteiger charge is -2.40. The number of aromatic carboxylic acids is 1. The highest BCUT2D eigenvalue weighted by molar-refractivity contribution is 6.23. The van der Waals surface area contributed by atoms with Crippen LogP contribution in [0.1, 0.15) is 56.8 Å². The lowest BCUT2D eigenvalue weighted by Crippen LogP contribution is -2.54. The number of hydrogen-bond donors (Lipinski definition) is 2. The van der Waals surface area contributed by atoms with E-state index in [0.29, 0.717) is 22.6 Å². The summed E-state index contributed by atoms with van der Waals surface area (Å²) in [6.07, 6.45) is 2.42. The number of piperidine rings is 2. The highest BCUT2D eigenvalue weighted by Crippen LogP contribution is 2.31. The first-order valence-corrected chi connectivity index (χ1v) is 14.2. The van der Waals surface area contributed by atoms with E-state index in [1.54, 1.807) is 24.3 Å². The Bertz CT molecular complexity index is 1400. The Morgan fingerprint density at radius 3 is 2.00 bits per heavy atom. The van der Waals surface area contributed by atoms with E-state index in [0.717, 1.165) is 74.9 Å². The van der Waals surface area contributed by atoms with Crippen LogP contribution in [0.5, 0.6) is 0 Å². The number of piperazine rings is 1. The number of imide groups is 2. The van der Waals surface area contributed by atoms with Crippen molar-refractivity contribution < 1.29 is 29.1 Å². The van der Waals surface area contributed by atoms with Gasteiger partial charge < -0.3 is 14.9 Å². The molecule has 0 aliphatic carbocycles. The van der Waals surface area contributed by atoms with Crippen LogP contribution < -0.4 is 15.1 Å². The van der Waals surface area contributed by atoms with Crippen molar-refractivity contribution in [2.75, 3.05) is 55.6 Å². The summed E-state index contributed by atoms with van der Waals surface area (Å²) in [5.41, 5.74) is 2.86. The van der Waals surface area contributed by atoms with Crippen LogP contribution in [0.25, 0.3) is 0 Å². The monoisotopic (exact) mass is 631 g/mol. The number of rotatable bonds is 6. The molecule has 6 rings (SSSR count). The molecule has 0 aromatic heterocycles. The molecule has 1 unspecified atom stereocenters. The third-order valence-electron chi connectivity index (χ3n) is 8.77. The van der Waals surface area contributed by atoms with E-state index < -0.39 is 29.7 Å². The highest BCUT2D eigenvalue weighted by Gasteiger charge is 2.44. The molecular formula is C30H35Cl2N5O6. The average molecular weight is 633 g/mol. The molecule has 13 heteroatoms. The number of nitrogens with zero attached hydrogens (tertiary/aromatic N) is 4. The summed E-state index contributed by atoms with van der Waals surface area (Å²) in [4.78, 5) is 69.2. The molecule has 0 radical (unpaired) electrons. The van der Waals surface area contributed by atoms with Gasteiger partial charge in [0.25, 0.3) is 11.8 Å². The molecule has 2 N–H and O–H groups in total. The van der Waals surface area contributed by atoms with E-state index in [9.17, 15) is 24.0 Å². The molecular weight excluding hydrogens is 597 g/mol. The standard InChI is InChI=1S/C30H33N5O6.2ClH/c36-26-8-7-25(27(37)31-26)35-28(38)23-6-5-22(17-24(23)29(35)39)34-15-13-32(14-16-34)18-19-9-11-33(12-10-19)21-3-1-20(2-4-21)30(40)41;;/h1-6,17,19,25H,7-16,18H2,(H,40,41)(H,31,36,37);2*1H. The minimum absolute atomic E-state index is 0. The van der Waals surface area contributed by atoms with Crippen LogP contribution >= 0.6 is 24.8 Å². The maximum absolute atomic E-state index is 13.2. The molecule has 0 spiro atoms. The van der Waals surface area contributed by atoms with Crippen LogP contribution in [0.3, 0.4) is 0 Å². The second-order valence-corrected chi connectivity index (χ2v) is 11.2. The molecule has 3 fully saturated rings. The largest absolute Gasteiger partial charge is 0.478 e. The molecule has 3 saturated heterocycles. The van der Waals surface area contributed by atoms with Gasteiger partial charge in [0, 0.05) is 63.6 Å². The van der Waals surface area contributed by atoms with Gasteiger partial charge in [0.1, 0.15) is 6.04 Å². The number of carboxylic acids is 1. The fourth-order valence-electron chi connectivity index (χ4n) is 6.40. The zero-order valence-electron chi connectivity index (χ0n) is 23.6. The van der Waals surface area contributed by atoms with E-state index in [1.807, 2.05) is 18.2 Å². The molecule has 2 aromatic carbocycles. The number of carbonyl (C=O) groups excluding carboxylic acids is 4. The third-order valence-corrected chi connectivity index (χ3v) is 8.77. The number of amides is 4. The zero-order chi connectivity index (χ0) is 28.7. The van der Waals surface area contributed by atoms with E-state index in [4.69, 9.17) is 5.11 Å². The Morgan fingerprint density at radius 2 is 1.37 bits per heavy atom. The second kappa shape index (κ2) is 13.3. The molecule has 43 heavy (non-hydrogen) atoms. The molecule has 0 saturated carbocycles. The topological polar surface area (TPSA) is 131 Å². The minimum atomic E-state index is -0.962. The summed E-state index contributed by atoms with van der Waals surface area (Å²) in [6.45, 7) is 6.38. The van der Waals surface area contributed by atoms with E-state index >= 15 is 0 Å². The highest BCUT2D eigenvalue weighted by atomic mass is 35.5. The van der Waals surface area contributed by atoms with Crippen LogP contribution in [0.4, 0.5) is 11.4 Å². The van der Waals surface area contributed by atoms with Gasteiger partial charge in [-0.05, 0) is 67.6 Å². The van der Waals surface area contributed by atoms with E-state index in [-0.39, 0.29) is 43.6 Å². The molecule has 11 nitrogen and oxygen atoms in total. The van der Waals surface area contributed by atoms with Gasteiger partial charge in [0.15, 0.2) is 0 Å². The molecule has 4 heterocycles. The number of benzene rings is 2. The van der Waals surface area contributed by atoms with Crippen LogP contribution in [0.15, 0.2) is 42.5 Å². The number of fused-ring (bicyclic) bond motifs is 1. The maximum atomic E-state index is 13.2. The lowest BCUT2D eigenvalue weighted by atomic mass is 9.95. The van der Waals surface area contributed by atoms with Gasteiger partial charge in [-0.2, -0.15) is 0 Å². The number of carboxylic acid groups (broad SMARTS) is 1. The summed E-state index contributed by atoms with van der Waals surface area (Å²) in [6, 6.07) is 11.4. The minimum Gasteiger partial charge on any atom is -0.478 e. The Kier molecular flexibility index (Phi) is 9.99. The Labute approximate surface area is 262 Å². The fourth-order valence-corrected chi connectivity index (χ4v) is 6.40. The van der Waals surface area contributed by atoms with Crippen molar-refractivity contribution in [1.82, 2.24) is 15.1 Å². The summed E-state index contributed by atoms with van der Waals surface area (Å²) in [7, 11) is 0. The van der Waals surface area contributed by atoms with Gasteiger partial charge in [-0.15, -0.1) is 24.8 Å². The summed E-state index contributed by atoms with van der Waals surface area (Å²) >= 11 is 0. The smallest absolute Gasteiger partial charge is 0.335 e. The normalized spacial score (nSPS) is 21.2. The Morgan fingerprint density at radius 1 is 0.767 bits per heavy atom. The van der Waals surface area contributed by atoms with Gasteiger partial charge in [-0.1, -0.05) is 0 Å². The predicted octanol–water partition coefficient (Wildman–Crippen LogP) is 2.67. The first-order valence-electron chi connectivity index (χ1n) is 14.2. The Hall–Kier alpha value is -3.67. The summed E-state index contributed by atoms with van der Waals surface area (Å²) < 4.78 is 0. The average Bonchev–Trinajstić information content (AvgIpc) is 3.23. The molecule has 230 valence electrons. The fraction of sp³-hybridized carbons (Fsp3) is 0.433. The third kappa shape index (κ3) is 6.48. The quantitative estimate of drug-likeness (QED) is 0.462. The summed E-state index contributed by atoms with van der Waals surface area (Å²) in [5, 5.41) is 11.3. The molecule has 4 aliphatic heterocycles. The SMILES string of the molecule is Cl.Cl.O=C1CCC(N2C(=O)c3ccc(N4CCN(CC5CCN(c6ccc(C(=O)O)cc6)CC5)CC4)cc3C2=O)C(=O)N1. The van der Waals surface area contributed by atoms with Crippen LogP contribution in [-0.2, 0) is 9.59 Å². The van der Waals surface area contributed by atoms with Crippen molar-refractivity contribution in [2.45, 2.75) is 31.7 Å². The second-order valence-electron chi connectivity index (χ2n) is 11.2. The van der Waals surface area contributed by atoms with Crippen molar-refractivity contribution in [3.05, 3.63) is 59.2 Å². The number of carbonyl (C=O) groups is 5. The van der Waals surface area contributed by atoms with Gasteiger partial charge in [0.2, 0.25) is 11.8 Å². The van der Waals surface area contributed by atoms with Crippen molar-refractivity contribution >= 4 is 65.8 Å². The predicted molar refractivity (Wildman–Crippen MR) is 165 cm³/mol. The lowest BCUT2D eigenvalue weighted by molar-refractivity contribution is -0.136. The Balaban J connectivity index is 0.00000212. The zero-order valence-corrected chi connectivity index (χ0v) is 25.2. The number of nitrogens with one attached hydrogen (secondary N) is 1. The molecule has 1 atom stereocenters. The van der Waals surface area contributed by atoms with Crippen molar-refractivity contribution in [3.8, 4) is 0 Å². The summed E-state index contributed by atoms with van der Waals surface area (Å²) in [5.74, 6) is -2.26. The number of anilines is 2. The van der Waals surface area contributed by atoms with Crippen molar-refractivity contribution in [1.29, 1.82) is 0 Å². The first kappa shape index (κ1) is 32.2. The van der Waals surface area contributed by atoms with Gasteiger partial charge in [0.05, 0.1) is 16.7 Å². The van der Waals surface area contributed by atoms with E-state index in [1.165, 1.54) is 0 Å². The first-order chi connectivity index (χ1) is 19.8. The molecule has 4 amide bonds. The van der Waals surface area contributed by atoms with Crippen LogP contribution in [-0.4, -0.2) is 96.4 Å².